The maximum Gasteiger partial charge on any atom is 0.275 e. The molecular formula is C17H13FN2O. The Hall–Kier alpha value is -2.75. The molecule has 1 N–H and O–H groups in total. The van der Waals surface area contributed by atoms with Crippen LogP contribution in [0.4, 0.5) is 4.39 Å². The zero-order chi connectivity index (χ0) is 14.8. The van der Waals surface area contributed by atoms with Gasteiger partial charge in [-0.25, -0.2) is 9.38 Å². The summed E-state index contributed by atoms with van der Waals surface area (Å²) in [6.07, 6.45) is 1.45. The van der Waals surface area contributed by atoms with Crippen molar-refractivity contribution in [1.82, 2.24) is 5.32 Å². The number of aliphatic imine (C=N–C) groups is 1. The molecule has 104 valence electrons. The second-order valence-electron chi connectivity index (χ2n) is 4.83. The van der Waals surface area contributed by atoms with Gasteiger partial charge in [0.05, 0.1) is 0 Å². The molecule has 1 aliphatic heterocycles. The van der Waals surface area contributed by atoms with Crippen molar-refractivity contribution in [1.29, 1.82) is 0 Å². The first-order chi connectivity index (χ1) is 10.1. The average molecular weight is 280 g/mol. The van der Waals surface area contributed by atoms with Crippen LogP contribution in [0.1, 0.15) is 16.7 Å². The molecule has 1 amide bonds. The number of carbonyl (C=O) groups excluding carboxylic acids is 1. The average Bonchev–Trinajstić information content (AvgIpc) is 2.83. The van der Waals surface area contributed by atoms with Crippen molar-refractivity contribution in [2.45, 2.75) is 6.92 Å². The lowest BCUT2D eigenvalue weighted by Gasteiger charge is -2.00. The predicted molar refractivity (Wildman–Crippen MR) is 80.2 cm³/mol. The molecule has 21 heavy (non-hydrogen) atoms. The Bertz CT molecular complexity index is 761. The molecule has 1 heterocycles. The number of carbonyl (C=O) groups is 1. The minimum Gasteiger partial charge on any atom is -0.305 e. The first kappa shape index (κ1) is 13.2. The fourth-order valence-corrected chi connectivity index (χ4v) is 2.06. The van der Waals surface area contributed by atoms with Gasteiger partial charge in [0, 0.05) is 11.1 Å². The molecular weight excluding hydrogens is 267 g/mol. The van der Waals surface area contributed by atoms with E-state index in [1.165, 1.54) is 12.1 Å². The van der Waals surface area contributed by atoms with Crippen LogP contribution in [0.3, 0.4) is 0 Å². The van der Waals surface area contributed by atoms with Crippen LogP contribution in [0, 0.1) is 12.7 Å². The fraction of sp³-hybridized carbons (Fsp3) is 0.0588. The van der Waals surface area contributed by atoms with Gasteiger partial charge in [-0.1, -0.05) is 48.0 Å². The Morgan fingerprint density at radius 1 is 1.10 bits per heavy atom. The van der Waals surface area contributed by atoms with Crippen LogP contribution in [-0.2, 0) is 4.79 Å². The first-order valence-corrected chi connectivity index (χ1v) is 6.57. The van der Waals surface area contributed by atoms with E-state index in [1.54, 1.807) is 18.2 Å². The molecule has 0 bridgehead atoms. The van der Waals surface area contributed by atoms with E-state index in [1.807, 2.05) is 31.2 Å². The lowest BCUT2D eigenvalue weighted by molar-refractivity contribution is -0.115. The predicted octanol–water partition coefficient (Wildman–Crippen LogP) is 3.05. The third-order valence-electron chi connectivity index (χ3n) is 3.22. The highest BCUT2D eigenvalue weighted by Crippen LogP contribution is 2.17. The monoisotopic (exact) mass is 280 g/mol. The number of hydrogen-bond donors (Lipinski definition) is 1. The van der Waals surface area contributed by atoms with Crippen LogP contribution in [0.5, 0.6) is 0 Å². The standard InChI is InChI=1S/C17H13FN2O/c1-11-6-8-12(9-7-11)16-19-15(17(21)20-16)10-13-4-2-3-5-14(13)18/h2-10H,1H3,(H,19,20,21). The first-order valence-electron chi connectivity index (χ1n) is 6.57. The molecule has 0 aliphatic carbocycles. The smallest absolute Gasteiger partial charge is 0.275 e. The summed E-state index contributed by atoms with van der Waals surface area (Å²) in [5, 5.41) is 2.70. The summed E-state index contributed by atoms with van der Waals surface area (Å²) in [4.78, 5) is 16.2. The van der Waals surface area contributed by atoms with Crippen molar-refractivity contribution in [2.24, 2.45) is 4.99 Å². The van der Waals surface area contributed by atoms with Crippen LogP contribution in [0.25, 0.3) is 6.08 Å². The number of nitrogens with one attached hydrogen (secondary N) is 1. The minimum atomic E-state index is -0.378. The van der Waals surface area contributed by atoms with E-state index in [2.05, 4.69) is 10.3 Å². The lowest BCUT2D eigenvalue weighted by atomic mass is 10.1. The maximum absolute atomic E-state index is 13.6. The van der Waals surface area contributed by atoms with Crippen LogP contribution in [-0.4, -0.2) is 11.7 Å². The Balaban J connectivity index is 1.96. The van der Waals surface area contributed by atoms with E-state index in [4.69, 9.17) is 0 Å². The van der Waals surface area contributed by atoms with E-state index in [9.17, 15) is 9.18 Å². The molecule has 0 spiro atoms. The molecule has 0 aromatic heterocycles. The highest BCUT2D eigenvalue weighted by molar-refractivity contribution is 6.19. The van der Waals surface area contributed by atoms with Gasteiger partial charge in [-0.15, -0.1) is 0 Å². The molecule has 0 saturated carbocycles. The van der Waals surface area contributed by atoms with Gasteiger partial charge in [0.25, 0.3) is 5.91 Å². The van der Waals surface area contributed by atoms with Crippen molar-refractivity contribution in [3.8, 4) is 0 Å². The molecule has 3 rings (SSSR count). The number of rotatable bonds is 2. The summed E-state index contributed by atoms with van der Waals surface area (Å²) >= 11 is 0. The van der Waals surface area contributed by atoms with E-state index < -0.39 is 0 Å². The van der Waals surface area contributed by atoms with E-state index in [0.29, 0.717) is 11.4 Å². The molecule has 2 aromatic carbocycles. The molecule has 0 fully saturated rings. The molecule has 0 unspecified atom stereocenters. The number of benzene rings is 2. The molecule has 0 radical (unpaired) electrons. The number of amides is 1. The van der Waals surface area contributed by atoms with Gasteiger partial charge in [0.15, 0.2) is 0 Å². The largest absolute Gasteiger partial charge is 0.305 e. The highest BCUT2D eigenvalue weighted by Gasteiger charge is 2.21. The van der Waals surface area contributed by atoms with Crippen LogP contribution in [0.2, 0.25) is 0 Å². The summed E-state index contributed by atoms with van der Waals surface area (Å²) in [5.74, 6) is -0.215. The SMILES string of the molecule is Cc1ccc(C2=NC(=Cc3ccccc3F)C(=O)N2)cc1. The van der Waals surface area contributed by atoms with Gasteiger partial charge in [-0.05, 0) is 19.1 Å². The maximum atomic E-state index is 13.6. The van der Waals surface area contributed by atoms with Crippen molar-refractivity contribution >= 4 is 17.8 Å². The number of amidine groups is 1. The highest BCUT2D eigenvalue weighted by atomic mass is 19.1. The van der Waals surface area contributed by atoms with E-state index in [0.717, 1.165) is 11.1 Å². The third kappa shape index (κ3) is 2.74. The van der Waals surface area contributed by atoms with Gasteiger partial charge in [-0.2, -0.15) is 0 Å². The summed E-state index contributed by atoms with van der Waals surface area (Å²) in [7, 11) is 0. The molecule has 2 aromatic rings. The molecule has 4 heteroatoms. The quantitative estimate of drug-likeness (QED) is 0.844. The van der Waals surface area contributed by atoms with E-state index in [-0.39, 0.29) is 17.4 Å². The lowest BCUT2D eigenvalue weighted by Crippen LogP contribution is -2.24. The summed E-state index contributed by atoms with van der Waals surface area (Å²) in [5.41, 5.74) is 2.50. The van der Waals surface area contributed by atoms with Gasteiger partial charge in [0.2, 0.25) is 0 Å². The zero-order valence-corrected chi connectivity index (χ0v) is 11.4. The Labute approximate surface area is 121 Å². The fourth-order valence-electron chi connectivity index (χ4n) is 2.06. The van der Waals surface area contributed by atoms with Crippen molar-refractivity contribution in [3.05, 3.63) is 76.7 Å². The van der Waals surface area contributed by atoms with Crippen LogP contribution < -0.4 is 5.32 Å². The van der Waals surface area contributed by atoms with Gasteiger partial charge in [0.1, 0.15) is 17.3 Å². The second-order valence-corrected chi connectivity index (χ2v) is 4.83. The second kappa shape index (κ2) is 5.32. The van der Waals surface area contributed by atoms with Crippen LogP contribution in [0.15, 0.2) is 59.2 Å². The summed E-state index contributed by atoms with van der Waals surface area (Å²) in [6.45, 7) is 1.99. The normalized spacial score (nSPS) is 16.0. The topological polar surface area (TPSA) is 41.5 Å². The minimum absolute atomic E-state index is 0.204. The summed E-state index contributed by atoms with van der Waals surface area (Å²) in [6, 6.07) is 13.9. The number of nitrogens with zero attached hydrogens (tertiary/aromatic N) is 1. The molecule has 0 atom stereocenters. The van der Waals surface area contributed by atoms with Gasteiger partial charge in [-0.3, -0.25) is 4.79 Å². The van der Waals surface area contributed by atoms with Crippen molar-refractivity contribution in [3.63, 3.8) is 0 Å². The van der Waals surface area contributed by atoms with Gasteiger partial charge >= 0.3 is 0 Å². The zero-order valence-electron chi connectivity index (χ0n) is 11.4. The van der Waals surface area contributed by atoms with Crippen molar-refractivity contribution in [2.75, 3.05) is 0 Å². The number of hydrogen-bond acceptors (Lipinski definition) is 2. The molecule has 1 aliphatic rings. The third-order valence-corrected chi connectivity index (χ3v) is 3.22. The molecule has 0 saturated heterocycles. The van der Waals surface area contributed by atoms with E-state index >= 15 is 0 Å². The summed E-state index contributed by atoms with van der Waals surface area (Å²) < 4.78 is 13.6. The van der Waals surface area contributed by atoms with Crippen molar-refractivity contribution < 1.29 is 9.18 Å². The van der Waals surface area contributed by atoms with Crippen LogP contribution >= 0.6 is 0 Å². The molecule has 3 nitrogen and oxygen atoms in total. The Kier molecular flexibility index (Phi) is 3.36. The Morgan fingerprint density at radius 3 is 2.52 bits per heavy atom. The van der Waals surface area contributed by atoms with Gasteiger partial charge < -0.3 is 5.32 Å². The number of halogens is 1. The Morgan fingerprint density at radius 2 is 1.81 bits per heavy atom. The number of aryl methyl sites for hydroxylation is 1.